The molecule has 12 heteroatoms. The van der Waals surface area contributed by atoms with Gasteiger partial charge in [-0.25, -0.2) is 0 Å². The number of pyridine rings is 1. The highest BCUT2D eigenvalue weighted by molar-refractivity contribution is 9.10. The Bertz CT molecular complexity index is 1200. The van der Waals surface area contributed by atoms with E-state index in [-0.39, 0.29) is 30.5 Å². The van der Waals surface area contributed by atoms with Gasteiger partial charge in [-0.1, -0.05) is 42.8 Å². The van der Waals surface area contributed by atoms with Crippen molar-refractivity contribution in [3.8, 4) is 0 Å². The molecule has 198 valence electrons. The molecule has 2 heterocycles. The van der Waals surface area contributed by atoms with Crippen LogP contribution in [0.2, 0.25) is 0 Å². The molecule has 0 saturated carbocycles. The number of carbonyl (C=O) groups excluding carboxylic acids is 2. The highest BCUT2D eigenvalue weighted by Gasteiger charge is 2.22. The lowest BCUT2D eigenvalue weighted by Crippen LogP contribution is -2.42. The summed E-state index contributed by atoms with van der Waals surface area (Å²) in [6.07, 6.45) is 2.01. The Kier molecular flexibility index (Phi) is 9.22. The number of aliphatic imine (C=N–C) groups is 1. The number of carboxylic acids is 1. The molecule has 1 aliphatic rings. The number of carboxylic acid groups (broad SMARTS) is 1. The van der Waals surface area contributed by atoms with E-state index in [2.05, 4.69) is 47.2 Å². The van der Waals surface area contributed by atoms with E-state index in [0.717, 1.165) is 10.0 Å². The lowest BCUT2D eigenvalue weighted by atomic mass is 9.85. The van der Waals surface area contributed by atoms with E-state index < -0.39 is 29.9 Å². The van der Waals surface area contributed by atoms with Crippen molar-refractivity contribution in [3.05, 3.63) is 57.8 Å². The Labute approximate surface area is 223 Å². The zero-order chi connectivity index (χ0) is 27.2. The van der Waals surface area contributed by atoms with E-state index in [0.29, 0.717) is 23.8 Å². The van der Waals surface area contributed by atoms with E-state index in [9.17, 15) is 24.6 Å². The topological polar surface area (TPSA) is 165 Å². The number of aliphatic hydroxyl groups is 1. The number of guanidine groups is 1. The molecule has 0 bridgehead atoms. The SMILES string of the molecule is CC(C)(C)c1cc(Br)cc(C(CC(=O)O)NC(=O)CNC(=O)c2cncc(NC3=NCC(O)CN3)c2)c1. The van der Waals surface area contributed by atoms with Crippen LogP contribution in [0.4, 0.5) is 5.69 Å². The Balaban J connectivity index is 1.64. The fourth-order valence-electron chi connectivity index (χ4n) is 3.57. The van der Waals surface area contributed by atoms with E-state index in [1.807, 2.05) is 32.9 Å². The average Bonchev–Trinajstić information content (AvgIpc) is 2.82. The van der Waals surface area contributed by atoms with Gasteiger partial charge in [0.15, 0.2) is 5.96 Å². The molecule has 1 aliphatic heterocycles. The number of carbonyl (C=O) groups is 3. The number of nitrogens with one attached hydrogen (secondary N) is 4. The minimum absolute atomic E-state index is 0.178. The van der Waals surface area contributed by atoms with Crippen molar-refractivity contribution in [2.75, 3.05) is 25.0 Å². The molecule has 0 saturated heterocycles. The second-order valence-electron chi connectivity index (χ2n) is 9.74. The number of rotatable bonds is 8. The Morgan fingerprint density at radius 3 is 2.59 bits per heavy atom. The third kappa shape index (κ3) is 8.53. The summed E-state index contributed by atoms with van der Waals surface area (Å²) in [5.41, 5.74) is 2.18. The van der Waals surface area contributed by atoms with Crippen molar-refractivity contribution in [2.24, 2.45) is 4.99 Å². The molecule has 2 unspecified atom stereocenters. The molecule has 0 fully saturated rings. The molecule has 11 nitrogen and oxygen atoms in total. The standard InChI is InChI=1S/C25H31BrN6O5/c1-25(2,3)16-4-14(5-17(26)7-16)20(8-22(35)36)32-21(34)13-28-23(37)15-6-18(10-27-9-15)31-24-29-11-19(33)12-30-24/h4-7,9-10,19-20,33H,8,11-13H2,1-3H3,(H,28,37)(H,32,34)(H,35,36)(H2,29,30,31). The number of halogens is 1. The van der Waals surface area contributed by atoms with Gasteiger partial charge >= 0.3 is 5.97 Å². The molecule has 0 aliphatic carbocycles. The van der Waals surface area contributed by atoms with E-state index in [1.54, 1.807) is 12.1 Å². The zero-order valence-electron chi connectivity index (χ0n) is 20.8. The van der Waals surface area contributed by atoms with Gasteiger partial charge in [-0.3, -0.25) is 24.4 Å². The quantitative estimate of drug-likeness (QED) is 0.278. The molecule has 0 radical (unpaired) electrons. The summed E-state index contributed by atoms with van der Waals surface area (Å²) in [5, 5.41) is 30.1. The highest BCUT2D eigenvalue weighted by atomic mass is 79.9. The van der Waals surface area contributed by atoms with Crippen LogP contribution in [0.1, 0.15) is 54.7 Å². The molecular weight excluding hydrogens is 544 g/mol. The van der Waals surface area contributed by atoms with Gasteiger partial charge in [0.2, 0.25) is 5.91 Å². The lowest BCUT2D eigenvalue weighted by molar-refractivity contribution is -0.137. The third-order valence-electron chi connectivity index (χ3n) is 5.54. The van der Waals surface area contributed by atoms with Crippen molar-refractivity contribution >= 4 is 45.4 Å². The molecule has 1 aromatic heterocycles. The van der Waals surface area contributed by atoms with Gasteiger partial charge in [-0.2, -0.15) is 0 Å². The molecule has 0 spiro atoms. The minimum atomic E-state index is -1.06. The van der Waals surface area contributed by atoms with Gasteiger partial charge in [0.25, 0.3) is 5.91 Å². The van der Waals surface area contributed by atoms with Crippen molar-refractivity contribution < 1.29 is 24.6 Å². The van der Waals surface area contributed by atoms with Gasteiger partial charge in [0.05, 0.1) is 49.1 Å². The fraction of sp³-hybridized carbons (Fsp3) is 0.400. The van der Waals surface area contributed by atoms with E-state index in [4.69, 9.17) is 0 Å². The van der Waals surface area contributed by atoms with Crippen LogP contribution in [0.25, 0.3) is 0 Å². The van der Waals surface area contributed by atoms with Crippen LogP contribution in [0, 0.1) is 0 Å². The minimum Gasteiger partial charge on any atom is -0.481 e. The highest BCUT2D eigenvalue weighted by Crippen LogP contribution is 2.30. The summed E-state index contributed by atoms with van der Waals surface area (Å²) < 4.78 is 0.777. The molecule has 2 atom stereocenters. The van der Waals surface area contributed by atoms with Gasteiger partial charge in [-0.15, -0.1) is 0 Å². The van der Waals surface area contributed by atoms with Crippen LogP contribution in [0.15, 0.2) is 46.1 Å². The maximum absolute atomic E-state index is 12.7. The Morgan fingerprint density at radius 2 is 1.95 bits per heavy atom. The van der Waals surface area contributed by atoms with E-state index in [1.165, 1.54) is 12.4 Å². The number of benzene rings is 1. The molecule has 1 aromatic carbocycles. The maximum Gasteiger partial charge on any atom is 0.305 e. The number of anilines is 1. The van der Waals surface area contributed by atoms with Crippen LogP contribution in [-0.4, -0.2) is 64.7 Å². The van der Waals surface area contributed by atoms with Gasteiger partial charge in [-0.05, 0) is 34.7 Å². The number of hydrogen-bond donors (Lipinski definition) is 6. The van der Waals surface area contributed by atoms with Crippen molar-refractivity contribution in [1.29, 1.82) is 0 Å². The second-order valence-corrected chi connectivity index (χ2v) is 10.7. The van der Waals surface area contributed by atoms with Gasteiger partial charge < -0.3 is 31.5 Å². The molecule has 2 amide bonds. The molecule has 37 heavy (non-hydrogen) atoms. The summed E-state index contributed by atoms with van der Waals surface area (Å²) in [6.45, 7) is 6.40. The summed E-state index contributed by atoms with van der Waals surface area (Å²) in [4.78, 5) is 45.0. The van der Waals surface area contributed by atoms with Crippen LogP contribution in [0.5, 0.6) is 0 Å². The van der Waals surface area contributed by atoms with Crippen molar-refractivity contribution in [2.45, 2.75) is 44.8 Å². The zero-order valence-corrected chi connectivity index (χ0v) is 22.4. The monoisotopic (exact) mass is 574 g/mol. The first-order chi connectivity index (χ1) is 17.4. The number of amides is 2. The van der Waals surface area contributed by atoms with Crippen LogP contribution < -0.4 is 21.3 Å². The first kappa shape index (κ1) is 28.1. The Hall–Kier alpha value is -3.51. The van der Waals surface area contributed by atoms with Gasteiger partial charge in [0.1, 0.15) is 0 Å². The first-order valence-corrected chi connectivity index (χ1v) is 12.5. The molecular formula is C25H31BrN6O5. The Morgan fingerprint density at radius 1 is 1.19 bits per heavy atom. The first-order valence-electron chi connectivity index (χ1n) is 11.7. The average molecular weight is 575 g/mol. The largest absolute Gasteiger partial charge is 0.481 e. The lowest BCUT2D eigenvalue weighted by Gasteiger charge is -2.24. The van der Waals surface area contributed by atoms with Crippen molar-refractivity contribution in [3.63, 3.8) is 0 Å². The smallest absolute Gasteiger partial charge is 0.305 e. The number of β-amino-alcohol motifs (C(OH)–C–C–N with tert-alkyl or cyclic N) is 1. The molecule has 3 rings (SSSR count). The van der Waals surface area contributed by atoms with Gasteiger partial charge in [0, 0.05) is 17.2 Å². The molecule has 2 aromatic rings. The summed E-state index contributed by atoms with van der Waals surface area (Å²) in [5.74, 6) is -1.66. The number of nitrogens with zero attached hydrogens (tertiary/aromatic N) is 2. The van der Waals surface area contributed by atoms with Crippen LogP contribution in [0.3, 0.4) is 0 Å². The number of hydrogen-bond acceptors (Lipinski definition) is 8. The summed E-state index contributed by atoms with van der Waals surface area (Å²) in [6, 6.07) is 6.39. The summed E-state index contributed by atoms with van der Waals surface area (Å²) >= 11 is 3.47. The predicted octanol–water partition coefficient (Wildman–Crippen LogP) is 1.94. The fourth-order valence-corrected chi connectivity index (χ4v) is 4.08. The van der Waals surface area contributed by atoms with Crippen LogP contribution >= 0.6 is 15.9 Å². The van der Waals surface area contributed by atoms with Crippen LogP contribution in [-0.2, 0) is 15.0 Å². The number of aromatic nitrogens is 1. The number of aliphatic hydroxyl groups excluding tert-OH is 1. The summed E-state index contributed by atoms with van der Waals surface area (Å²) in [7, 11) is 0. The third-order valence-corrected chi connectivity index (χ3v) is 6.00. The normalized spacial score (nSPS) is 16.1. The molecule has 6 N–H and O–H groups in total. The number of aliphatic carboxylic acids is 1. The maximum atomic E-state index is 12.7. The second kappa shape index (κ2) is 12.2. The predicted molar refractivity (Wildman–Crippen MR) is 142 cm³/mol. The van der Waals surface area contributed by atoms with E-state index >= 15 is 0 Å². The van der Waals surface area contributed by atoms with Crippen molar-refractivity contribution in [1.82, 2.24) is 20.9 Å².